The van der Waals surface area contributed by atoms with E-state index in [9.17, 15) is 0 Å². The average molecular weight is 322 g/mol. The molecule has 5 heteroatoms. The van der Waals surface area contributed by atoms with Crippen molar-refractivity contribution in [3.05, 3.63) is 32.8 Å². The fourth-order valence-corrected chi connectivity index (χ4v) is 3.09. The van der Waals surface area contributed by atoms with E-state index in [4.69, 9.17) is 34.8 Å². The maximum Gasteiger partial charge on any atom is 0.0639 e. The molecule has 0 aliphatic carbocycles. The Morgan fingerprint density at radius 3 is 2.32 bits per heavy atom. The lowest BCUT2D eigenvalue weighted by Gasteiger charge is -2.32. The van der Waals surface area contributed by atoms with Gasteiger partial charge in [0.15, 0.2) is 0 Å². The van der Waals surface area contributed by atoms with Crippen molar-refractivity contribution in [3.8, 4) is 0 Å². The maximum atomic E-state index is 6.20. The molecular weight excluding hydrogens is 303 g/mol. The van der Waals surface area contributed by atoms with E-state index in [-0.39, 0.29) is 0 Å². The van der Waals surface area contributed by atoms with Crippen LogP contribution in [0.3, 0.4) is 0 Å². The molecule has 1 aliphatic heterocycles. The molecule has 0 N–H and O–H groups in total. The summed E-state index contributed by atoms with van der Waals surface area (Å²) in [4.78, 5) is 4.85. The minimum atomic E-state index is 0.584. The van der Waals surface area contributed by atoms with E-state index in [0.717, 1.165) is 51.1 Å². The van der Waals surface area contributed by atoms with Crippen LogP contribution in [0.15, 0.2) is 12.1 Å². The van der Waals surface area contributed by atoms with Crippen LogP contribution in [0.2, 0.25) is 15.1 Å². The molecule has 0 bridgehead atoms. The summed E-state index contributed by atoms with van der Waals surface area (Å²) in [5.74, 6) is 0. The van der Waals surface area contributed by atoms with Gasteiger partial charge >= 0.3 is 0 Å². The lowest BCUT2D eigenvalue weighted by molar-refractivity contribution is 0.153. The Bertz CT molecular complexity index is 429. The fraction of sp³-hybridized carbons (Fsp3) is 0.571. The highest BCUT2D eigenvalue weighted by Gasteiger charge is 2.14. The van der Waals surface area contributed by atoms with Crippen LogP contribution in [-0.4, -0.2) is 49.6 Å². The number of benzene rings is 1. The van der Waals surface area contributed by atoms with Gasteiger partial charge in [-0.05, 0) is 44.1 Å². The number of nitrogens with zero attached hydrogens (tertiary/aromatic N) is 2. The molecule has 0 unspecified atom stereocenters. The number of hydrogen-bond acceptors (Lipinski definition) is 2. The minimum absolute atomic E-state index is 0.584. The predicted molar refractivity (Wildman–Crippen MR) is 83.7 cm³/mol. The summed E-state index contributed by atoms with van der Waals surface area (Å²) < 4.78 is 0. The van der Waals surface area contributed by atoms with E-state index < -0.39 is 0 Å². The molecule has 19 heavy (non-hydrogen) atoms. The van der Waals surface area contributed by atoms with Crippen LogP contribution in [-0.2, 0) is 6.42 Å². The van der Waals surface area contributed by atoms with E-state index in [1.165, 1.54) is 0 Å². The third kappa shape index (κ3) is 4.24. The van der Waals surface area contributed by atoms with Gasteiger partial charge in [0.2, 0.25) is 0 Å². The van der Waals surface area contributed by atoms with Crippen LogP contribution in [0, 0.1) is 0 Å². The summed E-state index contributed by atoms with van der Waals surface area (Å²) in [6, 6.07) is 3.57. The molecule has 0 atom stereocenters. The Balaban J connectivity index is 1.84. The Labute approximate surface area is 130 Å². The van der Waals surface area contributed by atoms with Crippen molar-refractivity contribution in [3.63, 3.8) is 0 Å². The second-order valence-corrected chi connectivity index (χ2v) is 6.26. The first kappa shape index (κ1) is 15.4. The summed E-state index contributed by atoms with van der Waals surface area (Å²) in [6.45, 7) is 5.69. The second-order valence-electron chi connectivity index (χ2n) is 5.07. The number of rotatable bonds is 4. The smallest absolute Gasteiger partial charge is 0.0639 e. The Kier molecular flexibility index (Phi) is 5.79. The molecule has 0 spiro atoms. The first-order chi connectivity index (χ1) is 9.08. The van der Waals surface area contributed by atoms with Crippen molar-refractivity contribution in [2.75, 3.05) is 39.8 Å². The number of likely N-dealkylation sites (N-methyl/N-ethyl adjacent to an activating group) is 1. The van der Waals surface area contributed by atoms with Crippen LogP contribution in [0.4, 0.5) is 0 Å². The molecule has 1 saturated heterocycles. The van der Waals surface area contributed by atoms with Crippen LogP contribution in [0.25, 0.3) is 0 Å². The molecule has 0 saturated carbocycles. The summed E-state index contributed by atoms with van der Waals surface area (Å²) in [7, 11) is 2.17. The third-order valence-electron chi connectivity index (χ3n) is 3.64. The van der Waals surface area contributed by atoms with Gasteiger partial charge in [-0.3, -0.25) is 0 Å². The summed E-state index contributed by atoms with van der Waals surface area (Å²) in [5.41, 5.74) is 0.977. The Hall–Kier alpha value is 0.01000. The normalized spacial score (nSPS) is 17.9. The zero-order valence-electron chi connectivity index (χ0n) is 11.1. The molecule has 1 aromatic carbocycles. The number of piperazine rings is 1. The Morgan fingerprint density at radius 2 is 1.63 bits per heavy atom. The van der Waals surface area contributed by atoms with Gasteiger partial charge in [-0.15, -0.1) is 0 Å². The van der Waals surface area contributed by atoms with Gasteiger partial charge in [0, 0.05) is 31.2 Å². The van der Waals surface area contributed by atoms with Crippen molar-refractivity contribution in [2.45, 2.75) is 12.8 Å². The zero-order valence-corrected chi connectivity index (χ0v) is 13.4. The molecule has 1 fully saturated rings. The molecule has 1 aliphatic rings. The van der Waals surface area contributed by atoms with E-state index in [1.807, 2.05) is 6.07 Å². The largest absolute Gasteiger partial charge is 0.304 e. The highest BCUT2D eigenvalue weighted by Crippen LogP contribution is 2.32. The molecule has 0 amide bonds. The number of hydrogen-bond donors (Lipinski definition) is 0. The molecule has 2 nitrogen and oxygen atoms in total. The van der Waals surface area contributed by atoms with Crippen LogP contribution in [0.1, 0.15) is 12.0 Å². The van der Waals surface area contributed by atoms with Crippen LogP contribution >= 0.6 is 34.8 Å². The quantitative estimate of drug-likeness (QED) is 0.778. The van der Waals surface area contributed by atoms with Crippen molar-refractivity contribution < 1.29 is 0 Å². The van der Waals surface area contributed by atoms with Crippen LogP contribution < -0.4 is 0 Å². The highest BCUT2D eigenvalue weighted by molar-refractivity contribution is 6.44. The maximum absolute atomic E-state index is 6.20. The van der Waals surface area contributed by atoms with E-state index >= 15 is 0 Å². The zero-order chi connectivity index (χ0) is 13.8. The first-order valence-electron chi connectivity index (χ1n) is 6.61. The Morgan fingerprint density at radius 1 is 1.00 bits per heavy atom. The number of halogens is 3. The molecule has 0 aromatic heterocycles. The third-order valence-corrected chi connectivity index (χ3v) is 4.83. The van der Waals surface area contributed by atoms with Gasteiger partial charge in [0.05, 0.1) is 10.0 Å². The standard InChI is InChI=1S/C14H19Cl3N2/c1-18-7-9-19(10-8-18)6-2-3-11-12(15)4-5-13(16)14(11)17/h4-5H,2-3,6-10H2,1H3. The topological polar surface area (TPSA) is 6.48 Å². The molecule has 106 valence electrons. The molecule has 2 rings (SSSR count). The first-order valence-corrected chi connectivity index (χ1v) is 7.74. The van der Waals surface area contributed by atoms with Gasteiger partial charge in [-0.25, -0.2) is 0 Å². The predicted octanol–water partition coefficient (Wildman–Crippen LogP) is 3.83. The summed E-state index contributed by atoms with van der Waals surface area (Å²) in [5, 5.41) is 1.90. The lowest BCUT2D eigenvalue weighted by atomic mass is 10.1. The van der Waals surface area contributed by atoms with Crippen molar-refractivity contribution in [1.82, 2.24) is 9.80 Å². The van der Waals surface area contributed by atoms with E-state index in [2.05, 4.69) is 16.8 Å². The van der Waals surface area contributed by atoms with Gasteiger partial charge in [0.1, 0.15) is 0 Å². The minimum Gasteiger partial charge on any atom is -0.304 e. The fourth-order valence-electron chi connectivity index (χ4n) is 2.35. The van der Waals surface area contributed by atoms with Gasteiger partial charge in [0.25, 0.3) is 0 Å². The molecular formula is C14H19Cl3N2. The van der Waals surface area contributed by atoms with Gasteiger partial charge < -0.3 is 9.80 Å². The van der Waals surface area contributed by atoms with Gasteiger partial charge in [-0.2, -0.15) is 0 Å². The SMILES string of the molecule is CN1CCN(CCCc2c(Cl)ccc(Cl)c2Cl)CC1. The molecule has 0 radical (unpaired) electrons. The highest BCUT2D eigenvalue weighted by atomic mass is 35.5. The van der Waals surface area contributed by atoms with E-state index in [1.54, 1.807) is 6.07 Å². The van der Waals surface area contributed by atoms with Gasteiger partial charge in [-0.1, -0.05) is 34.8 Å². The average Bonchev–Trinajstić information content (AvgIpc) is 2.40. The molecule has 1 heterocycles. The van der Waals surface area contributed by atoms with Crippen molar-refractivity contribution in [2.24, 2.45) is 0 Å². The van der Waals surface area contributed by atoms with Crippen molar-refractivity contribution >= 4 is 34.8 Å². The molecule has 1 aromatic rings. The monoisotopic (exact) mass is 320 g/mol. The van der Waals surface area contributed by atoms with E-state index in [0.29, 0.717) is 15.1 Å². The second kappa shape index (κ2) is 7.14. The lowest BCUT2D eigenvalue weighted by Crippen LogP contribution is -2.44. The van der Waals surface area contributed by atoms with Crippen molar-refractivity contribution in [1.29, 1.82) is 0 Å². The summed E-state index contributed by atoms with van der Waals surface area (Å²) in [6.07, 6.45) is 1.94. The summed E-state index contributed by atoms with van der Waals surface area (Å²) >= 11 is 18.4. The van der Waals surface area contributed by atoms with Crippen LogP contribution in [0.5, 0.6) is 0 Å².